The van der Waals surface area contributed by atoms with Crippen molar-refractivity contribution in [2.24, 2.45) is 0 Å². The van der Waals surface area contributed by atoms with Gasteiger partial charge < -0.3 is 10.1 Å². The van der Waals surface area contributed by atoms with Gasteiger partial charge in [-0.2, -0.15) is 0 Å². The predicted octanol–water partition coefficient (Wildman–Crippen LogP) is 4.50. The third-order valence-corrected chi connectivity index (χ3v) is 3.60. The molecule has 3 nitrogen and oxygen atoms in total. The summed E-state index contributed by atoms with van der Waals surface area (Å²) in [5, 5.41) is 2.79. The smallest absolute Gasteiger partial charge is 0.408 e. The fourth-order valence-corrected chi connectivity index (χ4v) is 2.18. The van der Waals surface area contributed by atoms with E-state index in [0.717, 1.165) is 11.1 Å². The lowest BCUT2D eigenvalue weighted by atomic mass is 10.1. The van der Waals surface area contributed by atoms with E-state index >= 15 is 0 Å². The minimum absolute atomic E-state index is 0.290. The van der Waals surface area contributed by atoms with E-state index < -0.39 is 14.2 Å². The molecule has 0 bridgehead atoms. The number of hydrogen-bond donors (Lipinski definition) is 1. The van der Waals surface area contributed by atoms with E-state index in [2.05, 4.69) is 36.4 Å². The first-order chi connectivity index (χ1) is 9.96. The van der Waals surface area contributed by atoms with Crippen LogP contribution in [-0.4, -0.2) is 19.7 Å². The van der Waals surface area contributed by atoms with Crippen molar-refractivity contribution in [1.29, 1.82) is 0 Å². The average molecular weight is 318 g/mol. The summed E-state index contributed by atoms with van der Waals surface area (Å²) in [6, 6.07) is 7.88. The first kappa shape index (κ1) is 18.3. The predicted molar refractivity (Wildman–Crippen MR) is 94.5 cm³/mol. The second-order valence-corrected chi connectivity index (χ2v) is 12.3. The standard InChI is InChI=1S/C18H27NO2Si/c1-14(21-17(20)19-18(2,3)4)16-10-8-15(9-11-16)12-13-22(5,6)7/h8-11,14H,1-7H3,(H,19,20)/t14-/m0/s1. The molecular weight excluding hydrogens is 290 g/mol. The van der Waals surface area contributed by atoms with Gasteiger partial charge in [0, 0.05) is 11.1 Å². The van der Waals surface area contributed by atoms with Gasteiger partial charge in [-0.1, -0.05) is 37.7 Å². The number of carbonyl (C=O) groups excluding carboxylic acids is 1. The van der Waals surface area contributed by atoms with Crippen LogP contribution in [0.4, 0.5) is 4.79 Å². The van der Waals surface area contributed by atoms with Crippen molar-refractivity contribution in [2.45, 2.75) is 59.0 Å². The summed E-state index contributed by atoms with van der Waals surface area (Å²) in [5.41, 5.74) is 5.00. The van der Waals surface area contributed by atoms with Gasteiger partial charge in [-0.15, -0.1) is 5.54 Å². The molecule has 0 heterocycles. The molecule has 0 aliphatic rings. The Morgan fingerprint density at radius 1 is 1.18 bits per heavy atom. The summed E-state index contributed by atoms with van der Waals surface area (Å²) in [6.45, 7) is 14.3. The average Bonchev–Trinajstić information content (AvgIpc) is 2.33. The molecule has 1 rings (SSSR count). The second kappa shape index (κ2) is 7.02. The molecular formula is C18H27NO2Si. The second-order valence-electron chi connectivity index (χ2n) is 7.54. The number of carbonyl (C=O) groups is 1. The molecule has 22 heavy (non-hydrogen) atoms. The summed E-state index contributed by atoms with van der Waals surface area (Å²) < 4.78 is 5.39. The molecule has 1 aromatic carbocycles. The van der Waals surface area contributed by atoms with Crippen LogP contribution in [0.15, 0.2) is 24.3 Å². The Labute approximate surface area is 135 Å². The topological polar surface area (TPSA) is 38.3 Å². The van der Waals surface area contributed by atoms with Crippen molar-refractivity contribution in [2.75, 3.05) is 0 Å². The van der Waals surface area contributed by atoms with Crippen molar-refractivity contribution < 1.29 is 9.53 Å². The van der Waals surface area contributed by atoms with Crippen LogP contribution in [0.3, 0.4) is 0 Å². The van der Waals surface area contributed by atoms with Crippen molar-refractivity contribution in [1.82, 2.24) is 5.32 Å². The minimum atomic E-state index is -1.36. The number of alkyl carbamates (subject to hydrolysis) is 1. The Hall–Kier alpha value is -1.73. The number of ether oxygens (including phenoxy) is 1. The molecule has 0 aliphatic heterocycles. The molecule has 4 heteroatoms. The number of rotatable bonds is 2. The van der Waals surface area contributed by atoms with Crippen LogP contribution in [0.5, 0.6) is 0 Å². The first-order valence-electron chi connectivity index (χ1n) is 7.58. The van der Waals surface area contributed by atoms with Gasteiger partial charge in [0.05, 0.1) is 0 Å². The zero-order valence-corrected chi connectivity index (χ0v) is 15.7. The summed E-state index contributed by atoms with van der Waals surface area (Å²) in [7, 11) is -1.36. The Kier molecular flexibility index (Phi) is 5.84. The summed E-state index contributed by atoms with van der Waals surface area (Å²) in [4.78, 5) is 11.8. The highest BCUT2D eigenvalue weighted by molar-refractivity contribution is 6.83. The normalized spacial score (nSPS) is 12.9. The number of hydrogen-bond acceptors (Lipinski definition) is 2. The SMILES string of the molecule is C[C@H](OC(=O)NC(C)(C)C)c1ccc(C#C[Si](C)(C)C)cc1. The van der Waals surface area contributed by atoms with Crippen molar-refractivity contribution >= 4 is 14.2 Å². The van der Waals surface area contributed by atoms with Crippen LogP contribution in [-0.2, 0) is 4.74 Å². The Morgan fingerprint density at radius 3 is 2.18 bits per heavy atom. The van der Waals surface area contributed by atoms with Gasteiger partial charge in [0.15, 0.2) is 0 Å². The lowest BCUT2D eigenvalue weighted by Crippen LogP contribution is -2.41. The van der Waals surface area contributed by atoms with Gasteiger partial charge in [-0.3, -0.25) is 0 Å². The van der Waals surface area contributed by atoms with Gasteiger partial charge >= 0.3 is 6.09 Å². The van der Waals surface area contributed by atoms with Crippen LogP contribution >= 0.6 is 0 Å². The fraction of sp³-hybridized carbons (Fsp3) is 0.500. The van der Waals surface area contributed by atoms with E-state index in [0.29, 0.717) is 0 Å². The minimum Gasteiger partial charge on any atom is -0.442 e. The van der Waals surface area contributed by atoms with E-state index in [1.54, 1.807) is 0 Å². The van der Waals surface area contributed by atoms with Crippen LogP contribution < -0.4 is 5.32 Å². The van der Waals surface area contributed by atoms with Crippen molar-refractivity contribution in [3.8, 4) is 11.5 Å². The van der Waals surface area contributed by atoms with Crippen LogP contribution in [0.2, 0.25) is 19.6 Å². The molecule has 0 aliphatic carbocycles. The van der Waals surface area contributed by atoms with Crippen molar-refractivity contribution in [3.63, 3.8) is 0 Å². The van der Waals surface area contributed by atoms with Gasteiger partial charge in [-0.05, 0) is 45.4 Å². The van der Waals surface area contributed by atoms with Gasteiger partial charge in [0.1, 0.15) is 14.2 Å². The zero-order chi connectivity index (χ0) is 17.0. The monoisotopic (exact) mass is 317 g/mol. The Morgan fingerprint density at radius 2 is 1.73 bits per heavy atom. The molecule has 1 amide bonds. The summed E-state index contributed by atoms with van der Waals surface area (Å²) >= 11 is 0. The molecule has 0 aromatic heterocycles. The lowest BCUT2D eigenvalue weighted by molar-refractivity contribution is 0.100. The maximum absolute atomic E-state index is 11.8. The Balaban J connectivity index is 2.70. The van der Waals surface area contributed by atoms with E-state index in [1.165, 1.54) is 0 Å². The van der Waals surface area contributed by atoms with Gasteiger partial charge in [0.25, 0.3) is 0 Å². The third kappa shape index (κ3) is 7.33. The number of amides is 1. The molecule has 0 spiro atoms. The first-order valence-corrected chi connectivity index (χ1v) is 11.1. The molecule has 1 aromatic rings. The molecule has 0 fully saturated rings. The van der Waals surface area contributed by atoms with Gasteiger partial charge in [-0.25, -0.2) is 4.79 Å². The highest BCUT2D eigenvalue weighted by atomic mass is 28.3. The van der Waals surface area contributed by atoms with Gasteiger partial charge in [0.2, 0.25) is 0 Å². The Bertz CT molecular complexity index is 568. The molecule has 1 N–H and O–H groups in total. The maximum atomic E-state index is 11.8. The molecule has 0 unspecified atom stereocenters. The van der Waals surface area contributed by atoms with E-state index in [9.17, 15) is 4.79 Å². The molecule has 1 atom stereocenters. The maximum Gasteiger partial charge on any atom is 0.408 e. The molecule has 0 saturated heterocycles. The molecule has 0 saturated carbocycles. The quantitative estimate of drug-likeness (QED) is 0.644. The summed E-state index contributed by atoms with van der Waals surface area (Å²) in [6.07, 6.45) is -0.691. The van der Waals surface area contributed by atoms with E-state index in [4.69, 9.17) is 4.74 Å². The molecule has 120 valence electrons. The number of benzene rings is 1. The zero-order valence-electron chi connectivity index (χ0n) is 14.7. The van der Waals surface area contributed by atoms with Crippen LogP contribution in [0.25, 0.3) is 0 Å². The molecule has 0 radical (unpaired) electrons. The number of nitrogens with one attached hydrogen (secondary N) is 1. The van der Waals surface area contributed by atoms with Crippen molar-refractivity contribution in [3.05, 3.63) is 35.4 Å². The van der Waals surface area contributed by atoms with Crippen LogP contribution in [0.1, 0.15) is 44.9 Å². The highest BCUT2D eigenvalue weighted by Crippen LogP contribution is 2.18. The van der Waals surface area contributed by atoms with E-state index in [-0.39, 0.29) is 11.6 Å². The fourth-order valence-electron chi connectivity index (χ4n) is 1.66. The highest BCUT2D eigenvalue weighted by Gasteiger charge is 2.17. The largest absolute Gasteiger partial charge is 0.442 e. The summed E-state index contributed by atoms with van der Waals surface area (Å²) in [5.74, 6) is 3.21. The lowest BCUT2D eigenvalue weighted by Gasteiger charge is -2.22. The third-order valence-electron chi connectivity index (χ3n) is 2.72. The van der Waals surface area contributed by atoms with E-state index in [1.807, 2.05) is 52.0 Å². The van der Waals surface area contributed by atoms with Crippen LogP contribution in [0, 0.1) is 11.5 Å².